The third-order valence-corrected chi connectivity index (χ3v) is 6.33. The van der Waals surface area contributed by atoms with Crippen LogP contribution in [0.4, 0.5) is 10.5 Å². The summed E-state index contributed by atoms with van der Waals surface area (Å²) in [6.45, 7) is -0.0144. The van der Waals surface area contributed by atoms with Crippen molar-refractivity contribution in [2.75, 3.05) is 0 Å². The second-order valence-corrected chi connectivity index (χ2v) is 9.11. The average Bonchev–Trinajstić information content (AvgIpc) is 3.07. The smallest absolute Gasteiger partial charge is 0.345 e. The number of amides is 2. The molecule has 0 saturated carbocycles. The van der Waals surface area contributed by atoms with Crippen molar-refractivity contribution in [3.63, 3.8) is 0 Å². The first-order valence-corrected chi connectivity index (χ1v) is 11.5. The minimum atomic E-state index is -0.674. The van der Waals surface area contributed by atoms with Gasteiger partial charge in [-0.3, -0.25) is 24.6 Å². The fourth-order valence-corrected chi connectivity index (χ4v) is 4.50. The van der Waals surface area contributed by atoms with Crippen LogP contribution in [0, 0.1) is 10.1 Å². The Morgan fingerprint density at radius 1 is 1.06 bits per heavy atom. The number of rotatable bonds is 6. The Morgan fingerprint density at radius 3 is 2.49 bits per heavy atom. The average molecular weight is 529 g/mol. The maximum atomic E-state index is 12.8. The summed E-state index contributed by atoms with van der Waals surface area (Å²) in [4.78, 5) is 49.2. The number of carbonyl (C=O) groups is 3. The largest absolute Gasteiger partial charge is 0.423 e. The van der Waals surface area contributed by atoms with Crippen molar-refractivity contribution >= 4 is 63.8 Å². The highest BCUT2D eigenvalue weighted by Gasteiger charge is 2.35. The first-order valence-electron chi connectivity index (χ1n) is 9.97. The highest BCUT2D eigenvalue weighted by atomic mass is 35.5. The third kappa shape index (κ3) is 5.71. The number of nitrogens with zero attached hydrogens (tertiary/aromatic N) is 2. The minimum Gasteiger partial charge on any atom is -0.423 e. The van der Waals surface area contributed by atoms with E-state index < -0.39 is 22.0 Å². The lowest BCUT2D eigenvalue weighted by molar-refractivity contribution is -0.384. The van der Waals surface area contributed by atoms with Gasteiger partial charge in [-0.05, 0) is 59.3 Å². The van der Waals surface area contributed by atoms with Crippen LogP contribution < -0.4 is 4.74 Å². The van der Waals surface area contributed by atoms with Gasteiger partial charge in [0.05, 0.1) is 27.0 Å². The van der Waals surface area contributed by atoms with Gasteiger partial charge in [0.25, 0.3) is 16.8 Å². The molecule has 1 aliphatic rings. The Labute approximate surface area is 213 Å². The van der Waals surface area contributed by atoms with E-state index in [1.54, 1.807) is 24.3 Å². The molecule has 3 aromatic rings. The standard InChI is InChI=1S/C24H14Cl2N2O6S/c25-16-6-9-19(20(26)12-16)23(30)34-18-3-1-2-15(10-18)11-21-22(29)27(24(31)35-21)13-14-4-7-17(8-5-14)28(32)33/h1-12H,13H2/b21-11-. The van der Waals surface area contributed by atoms with Crippen molar-refractivity contribution in [3.8, 4) is 5.75 Å². The predicted molar refractivity (Wildman–Crippen MR) is 132 cm³/mol. The second kappa shape index (κ2) is 10.3. The number of halogens is 2. The first kappa shape index (κ1) is 24.5. The Balaban J connectivity index is 1.48. The number of nitro benzene ring substituents is 1. The van der Waals surface area contributed by atoms with Crippen LogP contribution in [0.2, 0.25) is 10.0 Å². The molecule has 0 bridgehead atoms. The van der Waals surface area contributed by atoms with Crippen LogP contribution in [0.5, 0.6) is 5.75 Å². The van der Waals surface area contributed by atoms with E-state index in [1.807, 2.05) is 0 Å². The number of nitro groups is 1. The zero-order valence-corrected chi connectivity index (χ0v) is 20.0. The van der Waals surface area contributed by atoms with Gasteiger partial charge in [0, 0.05) is 17.2 Å². The molecule has 8 nitrogen and oxygen atoms in total. The highest BCUT2D eigenvalue weighted by Crippen LogP contribution is 2.34. The van der Waals surface area contributed by atoms with E-state index in [1.165, 1.54) is 48.5 Å². The third-order valence-electron chi connectivity index (χ3n) is 4.88. The molecule has 176 valence electrons. The Hall–Kier alpha value is -3.66. The van der Waals surface area contributed by atoms with E-state index in [0.29, 0.717) is 16.1 Å². The van der Waals surface area contributed by atoms with Crippen molar-refractivity contribution in [2.45, 2.75) is 6.54 Å². The zero-order valence-electron chi connectivity index (χ0n) is 17.6. The van der Waals surface area contributed by atoms with Gasteiger partial charge in [-0.2, -0.15) is 0 Å². The summed E-state index contributed by atoms with van der Waals surface area (Å²) in [5, 5.41) is 10.9. The Morgan fingerprint density at radius 2 is 1.80 bits per heavy atom. The molecule has 0 N–H and O–H groups in total. The molecule has 35 heavy (non-hydrogen) atoms. The molecule has 1 heterocycles. The summed E-state index contributed by atoms with van der Waals surface area (Å²) >= 11 is 12.7. The maximum absolute atomic E-state index is 12.8. The van der Waals surface area contributed by atoms with Gasteiger partial charge < -0.3 is 4.74 Å². The first-order chi connectivity index (χ1) is 16.7. The summed E-state index contributed by atoms with van der Waals surface area (Å²) in [5.41, 5.74) is 1.18. The van der Waals surface area contributed by atoms with Gasteiger partial charge in [0.2, 0.25) is 0 Å². The van der Waals surface area contributed by atoms with Crippen molar-refractivity contribution in [3.05, 3.63) is 108 Å². The van der Waals surface area contributed by atoms with Gasteiger partial charge in [-0.25, -0.2) is 4.79 Å². The van der Waals surface area contributed by atoms with E-state index in [2.05, 4.69) is 0 Å². The number of imide groups is 1. The molecule has 1 saturated heterocycles. The molecular formula is C24H14Cl2N2O6S. The highest BCUT2D eigenvalue weighted by molar-refractivity contribution is 8.18. The van der Waals surface area contributed by atoms with E-state index in [9.17, 15) is 24.5 Å². The van der Waals surface area contributed by atoms with Crippen LogP contribution in [0.15, 0.2) is 71.6 Å². The Kier molecular flexibility index (Phi) is 7.20. The zero-order chi connectivity index (χ0) is 25.1. The number of thioether (sulfide) groups is 1. The van der Waals surface area contributed by atoms with Gasteiger partial charge in [-0.1, -0.05) is 47.5 Å². The molecule has 0 spiro atoms. The number of carbonyl (C=O) groups excluding carboxylic acids is 3. The summed E-state index contributed by atoms with van der Waals surface area (Å²) in [6.07, 6.45) is 1.52. The molecule has 0 unspecified atom stereocenters. The lowest BCUT2D eigenvalue weighted by Crippen LogP contribution is -2.27. The van der Waals surface area contributed by atoms with Crippen LogP contribution >= 0.6 is 35.0 Å². The maximum Gasteiger partial charge on any atom is 0.345 e. The predicted octanol–water partition coefficient (Wildman–Crippen LogP) is 6.36. The summed E-state index contributed by atoms with van der Waals surface area (Å²) in [7, 11) is 0. The lowest BCUT2D eigenvalue weighted by atomic mass is 10.1. The normalized spacial score (nSPS) is 14.5. The topological polar surface area (TPSA) is 107 Å². The van der Waals surface area contributed by atoms with Crippen molar-refractivity contribution < 1.29 is 24.0 Å². The monoisotopic (exact) mass is 528 g/mol. The number of non-ortho nitro benzene ring substituents is 1. The molecule has 0 atom stereocenters. The van der Waals surface area contributed by atoms with Crippen LogP contribution in [0.25, 0.3) is 6.08 Å². The number of ether oxygens (including phenoxy) is 1. The SMILES string of the molecule is O=C(Oc1cccc(/C=C2\SC(=O)N(Cc3ccc([N+](=O)[O-])cc3)C2=O)c1)c1ccc(Cl)cc1Cl. The van der Waals surface area contributed by atoms with Crippen LogP contribution in [-0.4, -0.2) is 26.9 Å². The van der Waals surface area contributed by atoms with Crippen LogP contribution in [-0.2, 0) is 11.3 Å². The number of esters is 1. The van der Waals surface area contributed by atoms with Crippen LogP contribution in [0.1, 0.15) is 21.5 Å². The fraction of sp³-hybridized carbons (Fsp3) is 0.0417. The lowest BCUT2D eigenvalue weighted by Gasteiger charge is -2.12. The number of hydrogen-bond acceptors (Lipinski definition) is 7. The van der Waals surface area contributed by atoms with E-state index >= 15 is 0 Å². The molecule has 2 amide bonds. The van der Waals surface area contributed by atoms with E-state index in [-0.39, 0.29) is 33.5 Å². The van der Waals surface area contributed by atoms with Gasteiger partial charge in [0.15, 0.2) is 0 Å². The molecule has 1 fully saturated rings. The number of hydrogen-bond donors (Lipinski definition) is 0. The summed E-state index contributed by atoms with van der Waals surface area (Å²) in [6, 6.07) is 16.5. The number of benzene rings is 3. The van der Waals surface area contributed by atoms with Gasteiger partial charge in [0.1, 0.15) is 5.75 Å². The molecule has 11 heteroatoms. The van der Waals surface area contributed by atoms with Crippen molar-refractivity contribution in [2.24, 2.45) is 0 Å². The van der Waals surface area contributed by atoms with Crippen molar-refractivity contribution in [1.29, 1.82) is 0 Å². The molecule has 4 rings (SSSR count). The molecular weight excluding hydrogens is 515 g/mol. The van der Waals surface area contributed by atoms with Crippen LogP contribution in [0.3, 0.4) is 0 Å². The van der Waals surface area contributed by atoms with Gasteiger partial charge >= 0.3 is 5.97 Å². The molecule has 0 radical (unpaired) electrons. The van der Waals surface area contributed by atoms with Gasteiger partial charge in [-0.15, -0.1) is 0 Å². The second-order valence-electron chi connectivity index (χ2n) is 7.28. The quantitative estimate of drug-likeness (QED) is 0.120. The fourth-order valence-electron chi connectivity index (χ4n) is 3.18. The molecule has 1 aliphatic heterocycles. The molecule has 0 aliphatic carbocycles. The van der Waals surface area contributed by atoms with E-state index in [4.69, 9.17) is 27.9 Å². The molecule has 0 aromatic heterocycles. The summed E-state index contributed by atoms with van der Waals surface area (Å²) in [5.74, 6) is -0.944. The summed E-state index contributed by atoms with van der Waals surface area (Å²) < 4.78 is 5.39. The Bertz CT molecular complexity index is 1390. The van der Waals surface area contributed by atoms with E-state index in [0.717, 1.165) is 16.7 Å². The van der Waals surface area contributed by atoms with Crippen molar-refractivity contribution in [1.82, 2.24) is 4.90 Å². The minimum absolute atomic E-state index is 0.0144. The molecule has 3 aromatic carbocycles.